The number of piperidine rings is 1. The van der Waals surface area contributed by atoms with Crippen molar-refractivity contribution in [3.63, 3.8) is 0 Å². The molecule has 112 valence electrons. The fourth-order valence-electron chi connectivity index (χ4n) is 2.17. The summed E-state index contributed by atoms with van der Waals surface area (Å²) in [6.45, 7) is 3.46. The Bertz CT molecular complexity index is 572. The molecule has 1 aromatic heterocycles. The molecule has 8 heteroatoms. The second-order valence-electron chi connectivity index (χ2n) is 4.50. The fraction of sp³-hybridized carbons (Fsp3) is 0.583. The van der Waals surface area contributed by atoms with E-state index in [0.29, 0.717) is 32.5 Å². The Kier molecular flexibility index (Phi) is 5.25. The first-order valence-electron chi connectivity index (χ1n) is 6.38. The van der Waals surface area contributed by atoms with Crippen LogP contribution in [0.4, 0.5) is 0 Å². The number of nitrogens with zero attached hydrogens (tertiary/aromatic N) is 2. The van der Waals surface area contributed by atoms with E-state index in [4.69, 9.17) is 27.9 Å². The molecule has 1 aliphatic heterocycles. The molecule has 1 aromatic rings. The summed E-state index contributed by atoms with van der Waals surface area (Å²) < 4.78 is 31.9. The molecule has 1 fully saturated rings. The zero-order chi connectivity index (χ0) is 14.8. The molecule has 5 nitrogen and oxygen atoms in total. The minimum absolute atomic E-state index is 0.0711. The first kappa shape index (κ1) is 16.0. The normalized spacial score (nSPS) is 18.4. The molecule has 2 heterocycles. The number of hydrogen-bond acceptors (Lipinski definition) is 4. The van der Waals surface area contributed by atoms with E-state index in [0.717, 1.165) is 0 Å². The van der Waals surface area contributed by atoms with Crippen LogP contribution in [0.15, 0.2) is 17.2 Å². The molecule has 0 atom stereocenters. The van der Waals surface area contributed by atoms with E-state index in [2.05, 4.69) is 4.98 Å². The standard InChI is InChI=1S/C12H16Cl2N2O3S/c1-2-19-9-3-5-16(6-4-9)20(17,18)10-7-11(13)12(14)15-8-10/h7-9H,2-6H2,1H3. The van der Waals surface area contributed by atoms with Gasteiger partial charge in [-0.25, -0.2) is 13.4 Å². The summed E-state index contributed by atoms with van der Waals surface area (Å²) in [7, 11) is -3.57. The number of pyridine rings is 1. The third-order valence-electron chi connectivity index (χ3n) is 3.21. The van der Waals surface area contributed by atoms with Crippen LogP contribution in [0.2, 0.25) is 10.2 Å². The smallest absolute Gasteiger partial charge is 0.244 e. The summed E-state index contributed by atoms with van der Waals surface area (Å²) in [6.07, 6.45) is 2.76. The molecule has 0 spiro atoms. The highest BCUT2D eigenvalue weighted by Crippen LogP contribution is 2.26. The van der Waals surface area contributed by atoms with E-state index in [1.54, 1.807) is 0 Å². The first-order valence-corrected chi connectivity index (χ1v) is 8.57. The largest absolute Gasteiger partial charge is 0.378 e. The number of halogens is 2. The van der Waals surface area contributed by atoms with Gasteiger partial charge in [-0.2, -0.15) is 4.31 Å². The molecule has 2 rings (SSSR count). The quantitative estimate of drug-likeness (QED) is 0.791. The average Bonchev–Trinajstić information content (AvgIpc) is 2.43. The van der Waals surface area contributed by atoms with E-state index >= 15 is 0 Å². The van der Waals surface area contributed by atoms with Crippen LogP contribution in [0.1, 0.15) is 19.8 Å². The Morgan fingerprint density at radius 2 is 2.05 bits per heavy atom. The number of aromatic nitrogens is 1. The van der Waals surface area contributed by atoms with Gasteiger partial charge in [0, 0.05) is 25.9 Å². The molecule has 0 bridgehead atoms. The van der Waals surface area contributed by atoms with Crippen LogP contribution < -0.4 is 0 Å². The maximum Gasteiger partial charge on any atom is 0.244 e. The highest BCUT2D eigenvalue weighted by atomic mass is 35.5. The van der Waals surface area contributed by atoms with Crippen LogP contribution >= 0.6 is 23.2 Å². The van der Waals surface area contributed by atoms with Crippen molar-refractivity contribution in [2.24, 2.45) is 0 Å². The van der Waals surface area contributed by atoms with Crippen molar-refractivity contribution in [2.75, 3.05) is 19.7 Å². The molecule has 0 unspecified atom stereocenters. The third-order valence-corrected chi connectivity index (χ3v) is 5.76. The minimum atomic E-state index is -3.57. The summed E-state index contributed by atoms with van der Waals surface area (Å²) in [5.41, 5.74) is 0. The molecular weight excluding hydrogens is 323 g/mol. The Hall–Kier alpha value is -0.400. The van der Waals surface area contributed by atoms with Crippen LogP contribution in [0.5, 0.6) is 0 Å². The lowest BCUT2D eigenvalue weighted by atomic mass is 10.1. The van der Waals surface area contributed by atoms with Crippen molar-refractivity contribution in [2.45, 2.75) is 30.8 Å². The van der Waals surface area contributed by atoms with Crippen molar-refractivity contribution < 1.29 is 13.2 Å². The molecule has 0 saturated carbocycles. The monoisotopic (exact) mass is 338 g/mol. The summed E-state index contributed by atoms with van der Waals surface area (Å²) in [4.78, 5) is 3.86. The number of hydrogen-bond donors (Lipinski definition) is 0. The minimum Gasteiger partial charge on any atom is -0.378 e. The molecule has 1 saturated heterocycles. The lowest BCUT2D eigenvalue weighted by molar-refractivity contribution is 0.0290. The first-order chi connectivity index (χ1) is 9.45. The van der Waals surface area contributed by atoms with E-state index in [1.165, 1.54) is 16.6 Å². The van der Waals surface area contributed by atoms with Gasteiger partial charge >= 0.3 is 0 Å². The highest BCUT2D eigenvalue weighted by Gasteiger charge is 2.30. The predicted octanol–water partition coefficient (Wildman–Crippen LogP) is 2.58. The molecule has 0 aromatic carbocycles. The number of rotatable bonds is 4. The van der Waals surface area contributed by atoms with Crippen molar-refractivity contribution in [1.82, 2.24) is 9.29 Å². The zero-order valence-corrected chi connectivity index (χ0v) is 13.4. The summed E-state index contributed by atoms with van der Waals surface area (Å²) in [5, 5.41) is 0.234. The SMILES string of the molecule is CCOC1CCN(S(=O)(=O)c2cnc(Cl)c(Cl)c2)CC1. The van der Waals surface area contributed by atoms with E-state index in [1.807, 2.05) is 6.92 Å². The van der Waals surface area contributed by atoms with Crippen molar-refractivity contribution in [3.05, 3.63) is 22.4 Å². The lowest BCUT2D eigenvalue weighted by Crippen LogP contribution is -2.40. The summed E-state index contributed by atoms with van der Waals surface area (Å²) in [5.74, 6) is 0. The van der Waals surface area contributed by atoms with Gasteiger partial charge in [0.1, 0.15) is 10.0 Å². The Labute approximate surface area is 128 Å². The topological polar surface area (TPSA) is 59.5 Å². The zero-order valence-electron chi connectivity index (χ0n) is 11.1. The van der Waals surface area contributed by atoms with Gasteiger partial charge in [-0.1, -0.05) is 23.2 Å². The highest BCUT2D eigenvalue weighted by molar-refractivity contribution is 7.89. The number of sulfonamides is 1. The van der Waals surface area contributed by atoms with Gasteiger partial charge in [0.25, 0.3) is 0 Å². The van der Waals surface area contributed by atoms with E-state index in [9.17, 15) is 8.42 Å². The van der Waals surface area contributed by atoms with Crippen molar-refractivity contribution in [1.29, 1.82) is 0 Å². The van der Waals surface area contributed by atoms with Crippen LogP contribution in [0.25, 0.3) is 0 Å². The Balaban J connectivity index is 2.13. The van der Waals surface area contributed by atoms with Gasteiger partial charge in [-0.05, 0) is 25.8 Å². The number of ether oxygens (including phenoxy) is 1. The predicted molar refractivity (Wildman–Crippen MR) is 77.7 cm³/mol. The molecule has 1 aliphatic rings. The van der Waals surface area contributed by atoms with Crippen LogP contribution in [0, 0.1) is 0 Å². The van der Waals surface area contributed by atoms with E-state index in [-0.39, 0.29) is 21.2 Å². The summed E-state index contributed by atoms with van der Waals surface area (Å²) in [6, 6.07) is 1.33. The molecule has 0 amide bonds. The third kappa shape index (κ3) is 3.43. The fourth-order valence-corrected chi connectivity index (χ4v) is 3.95. The Morgan fingerprint density at radius 1 is 1.40 bits per heavy atom. The van der Waals surface area contributed by atoms with Crippen LogP contribution in [-0.2, 0) is 14.8 Å². The van der Waals surface area contributed by atoms with Gasteiger partial charge in [0.2, 0.25) is 10.0 Å². The second-order valence-corrected chi connectivity index (χ2v) is 7.21. The van der Waals surface area contributed by atoms with Gasteiger partial charge in [-0.15, -0.1) is 0 Å². The maximum atomic E-state index is 12.5. The van der Waals surface area contributed by atoms with Crippen molar-refractivity contribution >= 4 is 33.2 Å². The van der Waals surface area contributed by atoms with Crippen molar-refractivity contribution in [3.8, 4) is 0 Å². The van der Waals surface area contributed by atoms with Crippen LogP contribution in [0.3, 0.4) is 0 Å². The second kappa shape index (κ2) is 6.58. The van der Waals surface area contributed by atoms with Gasteiger partial charge in [-0.3, -0.25) is 0 Å². The molecule has 0 aliphatic carbocycles. The van der Waals surface area contributed by atoms with Crippen LogP contribution in [-0.4, -0.2) is 43.5 Å². The summed E-state index contributed by atoms with van der Waals surface area (Å²) >= 11 is 11.5. The maximum absolute atomic E-state index is 12.5. The van der Waals surface area contributed by atoms with E-state index < -0.39 is 10.0 Å². The molecule has 0 radical (unpaired) electrons. The van der Waals surface area contributed by atoms with Gasteiger partial charge < -0.3 is 4.74 Å². The molecule has 20 heavy (non-hydrogen) atoms. The van der Waals surface area contributed by atoms with Gasteiger partial charge in [0.05, 0.1) is 11.1 Å². The lowest BCUT2D eigenvalue weighted by Gasteiger charge is -2.30. The Morgan fingerprint density at radius 3 is 2.60 bits per heavy atom. The van der Waals surface area contributed by atoms with Gasteiger partial charge in [0.15, 0.2) is 0 Å². The molecule has 0 N–H and O–H groups in total. The molecular formula is C12H16Cl2N2O3S. The average molecular weight is 339 g/mol.